The molecule has 19 heavy (non-hydrogen) atoms. The third kappa shape index (κ3) is 17.9. The van der Waals surface area contributed by atoms with Crippen molar-refractivity contribution in [3.63, 3.8) is 0 Å². The van der Waals surface area contributed by atoms with Crippen LogP contribution in [0.2, 0.25) is 0 Å². The highest BCUT2D eigenvalue weighted by Crippen LogP contribution is 2.10. The lowest BCUT2D eigenvalue weighted by Crippen LogP contribution is -2.16. The van der Waals surface area contributed by atoms with Crippen LogP contribution < -0.4 is 5.32 Å². The monoisotopic (exact) mass is 271 g/mol. The van der Waals surface area contributed by atoms with Gasteiger partial charge in [0, 0.05) is 6.61 Å². The molecule has 0 radical (unpaired) electrons. The lowest BCUT2D eigenvalue weighted by molar-refractivity contribution is 0.283. The zero-order valence-corrected chi connectivity index (χ0v) is 13.3. The highest BCUT2D eigenvalue weighted by molar-refractivity contribution is 4.51. The molecule has 0 aliphatic carbocycles. The van der Waals surface area contributed by atoms with Crippen LogP contribution in [0.15, 0.2) is 0 Å². The molecule has 2 N–H and O–H groups in total. The Morgan fingerprint density at radius 1 is 0.579 bits per heavy atom. The van der Waals surface area contributed by atoms with E-state index in [1.807, 2.05) is 0 Å². The first-order valence-corrected chi connectivity index (χ1v) is 8.73. The predicted molar refractivity (Wildman–Crippen MR) is 85.7 cm³/mol. The summed E-state index contributed by atoms with van der Waals surface area (Å²) < 4.78 is 0. The van der Waals surface area contributed by atoms with Crippen molar-refractivity contribution in [1.29, 1.82) is 0 Å². The highest BCUT2D eigenvalue weighted by atomic mass is 16.2. The zero-order valence-electron chi connectivity index (χ0n) is 13.3. The van der Waals surface area contributed by atoms with Crippen molar-refractivity contribution in [2.24, 2.45) is 0 Å². The van der Waals surface area contributed by atoms with Crippen LogP contribution in [-0.4, -0.2) is 24.8 Å². The minimum atomic E-state index is 0.346. The number of hydrogen-bond acceptors (Lipinski definition) is 2. The maximum absolute atomic E-state index is 8.65. The molecule has 0 bridgehead atoms. The van der Waals surface area contributed by atoms with E-state index >= 15 is 0 Å². The number of aliphatic hydroxyl groups excluding tert-OH is 1. The minimum Gasteiger partial charge on any atom is -0.396 e. The second-order valence-electron chi connectivity index (χ2n) is 5.72. The number of rotatable bonds is 16. The molecule has 0 rings (SSSR count). The van der Waals surface area contributed by atoms with Gasteiger partial charge in [-0.3, -0.25) is 0 Å². The Morgan fingerprint density at radius 2 is 1.00 bits per heavy atom. The summed E-state index contributed by atoms with van der Waals surface area (Å²) in [4.78, 5) is 0. The normalized spacial score (nSPS) is 11.1. The molecular formula is C17H37NO. The van der Waals surface area contributed by atoms with Gasteiger partial charge in [0.1, 0.15) is 0 Å². The SMILES string of the molecule is CCCCCCCCCCCCNCCCCCO. The fourth-order valence-electron chi connectivity index (χ4n) is 2.40. The first-order valence-electron chi connectivity index (χ1n) is 8.73. The van der Waals surface area contributed by atoms with Crippen LogP contribution in [-0.2, 0) is 0 Å². The molecule has 0 aromatic carbocycles. The molecule has 0 aromatic heterocycles. The summed E-state index contributed by atoms with van der Waals surface area (Å²) in [5, 5.41) is 12.1. The first kappa shape index (κ1) is 18.9. The molecule has 116 valence electrons. The van der Waals surface area contributed by atoms with Crippen molar-refractivity contribution in [1.82, 2.24) is 5.32 Å². The molecule has 2 nitrogen and oxygen atoms in total. The Balaban J connectivity index is 2.88. The summed E-state index contributed by atoms with van der Waals surface area (Å²) in [5.41, 5.74) is 0. The summed E-state index contributed by atoms with van der Waals surface area (Å²) in [6.45, 7) is 4.92. The molecule has 0 amide bonds. The molecule has 0 saturated carbocycles. The molecule has 2 heteroatoms. The van der Waals surface area contributed by atoms with E-state index in [1.165, 1.54) is 77.2 Å². The van der Waals surface area contributed by atoms with Crippen LogP contribution in [0.1, 0.15) is 90.4 Å². The third-order valence-electron chi connectivity index (χ3n) is 3.72. The minimum absolute atomic E-state index is 0.346. The van der Waals surface area contributed by atoms with Gasteiger partial charge in [-0.25, -0.2) is 0 Å². The Hall–Kier alpha value is -0.0800. The number of nitrogens with one attached hydrogen (secondary N) is 1. The summed E-state index contributed by atoms with van der Waals surface area (Å²) in [6, 6.07) is 0. The quantitative estimate of drug-likeness (QED) is 0.400. The van der Waals surface area contributed by atoms with Crippen molar-refractivity contribution in [3.05, 3.63) is 0 Å². The molecule has 0 atom stereocenters. The van der Waals surface area contributed by atoms with E-state index in [2.05, 4.69) is 12.2 Å². The van der Waals surface area contributed by atoms with Crippen molar-refractivity contribution < 1.29 is 5.11 Å². The van der Waals surface area contributed by atoms with Gasteiger partial charge in [-0.1, -0.05) is 64.7 Å². The lowest BCUT2D eigenvalue weighted by Gasteiger charge is -2.04. The molecule has 0 fully saturated rings. The van der Waals surface area contributed by atoms with Gasteiger partial charge in [-0.2, -0.15) is 0 Å². The predicted octanol–water partition coefficient (Wildman–Crippen LogP) is 4.66. The summed E-state index contributed by atoms with van der Waals surface area (Å²) in [7, 11) is 0. The van der Waals surface area contributed by atoms with Gasteiger partial charge >= 0.3 is 0 Å². The van der Waals surface area contributed by atoms with Crippen LogP contribution in [0.4, 0.5) is 0 Å². The van der Waals surface area contributed by atoms with E-state index in [-0.39, 0.29) is 0 Å². The number of hydrogen-bond donors (Lipinski definition) is 2. The Kier molecular flexibility index (Phi) is 17.8. The van der Waals surface area contributed by atoms with Crippen LogP contribution in [0, 0.1) is 0 Å². The molecule has 0 aliphatic heterocycles. The van der Waals surface area contributed by atoms with Crippen LogP contribution in [0.5, 0.6) is 0 Å². The first-order chi connectivity index (χ1) is 9.41. The standard InChI is InChI=1S/C17H37NO/c1-2-3-4-5-6-7-8-9-10-12-15-18-16-13-11-14-17-19/h18-19H,2-17H2,1H3. The fraction of sp³-hybridized carbons (Fsp3) is 1.00. The average Bonchev–Trinajstić information content (AvgIpc) is 2.43. The maximum Gasteiger partial charge on any atom is 0.0431 e. The van der Waals surface area contributed by atoms with Crippen LogP contribution in [0.3, 0.4) is 0 Å². The Morgan fingerprint density at radius 3 is 1.47 bits per heavy atom. The second-order valence-corrected chi connectivity index (χ2v) is 5.72. The lowest BCUT2D eigenvalue weighted by atomic mass is 10.1. The second kappa shape index (κ2) is 17.9. The molecule has 0 unspecified atom stereocenters. The highest BCUT2D eigenvalue weighted by Gasteiger charge is 1.93. The summed E-state index contributed by atoms with van der Waals surface area (Å²) in [5.74, 6) is 0. The van der Waals surface area contributed by atoms with E-state index in [9.17, 15) is 0 Å². The molecule has 0 aliphatic rings. The molecule has 0 heterocycles. The smallest absolute Gasteiger partial charge is 0.0431 e. The van der Waals surface area contributed by atoms with Crippen molar-refractivity contribution in [2.45, 2.75) is 90.4 Å². The van der Waals surface area contributed by atoms with Gasteiger partial charge in [0.2, 0.25) is 0 Å². The third-order valence-corrected chi connectivity index (χ3v) is 3.72. The van der Waals surface area contributed by atoms with Crippen molar-refractivity contribution in [3.8, 4) is 0 Å². The molecule has 0 aromatic rings. The van der Waals surface area contributed by atoms with Gasteiger partial charge < -0.3 is 10.4 Å². The van der Waals surface area contributed by atoms with Gasteiger partial charge in [0.25, 0.3) is 0 Å². The average molecular weight is 271 g/mol. The number of aliphatic hydroxyl groups is 1. The maximum atomic E-state index is 8.65. The van der Waals surface area contributed by atoms with Crippen molar-refractivity contribution in [2.75, 3.05) is 19.7 Å². The van der Waals surface area contributed by atoms with E-state index in [4.69, 9.17) is 5.11 Å². The largest absolute Gasteiger partial charge is 0.396 e. The van der Waals surface area contributed by atoms with Crippen molar-refractivity contribution >= 4 is 0 Å². The van der Waals surface area contributed by atoms with Gasteiger partial charge in [-0.15, -0.1) is 0 Å². The molecule has 0 spiro atoms. The Bertz CT molecular complexity index is 134. The van der Waals surface area contributed by atoms with Crippen LogP contribution in [0.25, 0.3) is 0 Å². The van der Waals surface area contributed by atoms with E-state index < -0.39 is 0 Å². The fourth-order valence-corrected chi connectivity index (χ4v) is 2.40. The van der Waals surface area contributed by atoms with Crippen LogP contribution >= 0.6 is 0 Å². The van der Waals surface area contributed by atoms with E-state index in [1.54, 1.807) is 0 Å². The Labute approximate surface area is 121 Å². The van der Waals surface area contributed by atoms with Gasteiger partial charge in [0.15, 0.2) is 0 Å². The molecular weight excluding hydrogens is 234 g/mol. The molecule has 0 saturated heterocycles. The van der Waals surface area contributed by atoms with E-state index in [0.717, 1.165) is 19.4 Å². The van der Waals surface area contributed by atoms with Gasteiger partial charge in [0.05, 0.1) is 0 Å². The zero-order chi connectivity index (χ0) is 14.0. The van der Waals surface area contributed by atoms with E-state index in [0.29, 0.717) is 6.61 Å². The summed E-state index contributed by atoms with van der Waals surface area (Å²) in [6.07, 6.45) is 17.4. The number of unbranched alkanes of at least 4 members (excludes halogenated alkanes) is 11. The topological polar surface area (TPSA) is 32.3 Å². The summed E-state index contributed by atoms with van der Waals surface area (Å²) >= 11 is 0. The van der Waals surface area contributed by atoms with Gasteiger partial charge in [-0.05, 0) is 38.8 Å².